The molecule has 0 aliphatic heterocycles. The van der Waals surface area contributed by atoms with Crippen LogP contribution in [0.25, 0.3) is 0 Å². The summed E-state index contributed by atoms with van der Waals surface area (Å²) in [5.74, 6) is 0. The zero-order valence-electron chi connectivity index (χ0n) is 11.1. The minimum atomic E-state index is 0.733. The summed E-state index contributed by atoms with van der Waals surface area (Å²) < 4.78 is 5.14. The first kappa shape index (κ1) is 17.9. The fourth-order valence-electron chi connectivity index (χ4n) is 1.49. The lowest BCUT2D eigenvalue weighted by Crippen LogP contribution is -2.15. The van der Waals surface area contributed by atoms with E-state index < -0.39 is 0 Å². The molecule has 2 amide bonds. The maximum absolute atomic E-state index is 11.3. The minimum absolute atomic E-state index is 0.733. The lowest BCUT2D eigenvalue weighted by atomic mass is 10.3. The number of nitrogens with zero attached hydrogens (tertiary/aromatic N) is 2. The van der Waals surface area contributed by atoms with Crippen molar-refractivity contribution < 1.29 is 9.59 Å². The molecule has 2 aromatic rings. The summed E-state index contributed by atoms with van der Waals surface area (Å²) in [5, 5.41) is 0. The quantitative estimate of drug-likeness (QED) is 0.214. The van der Waals surface area contributed by atoms with Crippen LogP contribution in [0.5, 0.6) is 0 Å². The number of carbonyl (C=O) groups excluding carboxylic acids is 2. The second-order valence-corrected chi connectivity index (χ2v) is 8.43. The summed E-state index contributed by atoms with van der Waals surface area (Å²) in [5.41, 5.74) is 1.53. The van der Waals surface area contributed by atoms with Crippen LogP contribution in [0.4, 0.5) is 11.4 Å². The van der Waals surface area contributed by atoms with Gasteiger partial charge in [-0.3, -0.25) is 9.59 Å². The van der Waals surface area contributed by atoms with E-state index >= 15 is 0 Å². The lowest BCUT2D eigenvalue weighted by Gasteiger charge is -2.19. The van der Waals surface area contributed by atoms with Crippen LogP contribution in [-0.2, 0) is 9.59 Å². The second-order valence-electron chi connectivity index (χ2n) is 3.96. The lowest BCUT2D eigenvalue weighted by molar-refractivity contribution is -0.107. The summed E-state index contributed by atoms with van der Waals surface area (Å²) in [4.78, 5) is 22.5. The number of benzene rings is 2. The number of rotatable bonds is 7. The van der Waals surface area contributed by atoms with Crippen molar-refractivity contribution in [3.8, 4) is 0 Å². The smallest absolute Gasteiger partial charge is 0.224 e. The van der Waals surface area contributed by atoms with Crippen LogP contribution in [0.2, 0.25) is 0 Å². The Labute approximate surface area is 164 Å². The SMILES string of the molecule is O=CN(SSN(C=O)c1ccc(I)cc1)c1ccc(I)cc1. The molecule has 0 spiro atoms. The zero-order chi connectivity index (χ0) is 15.9. The number of anilines is 2. The third-order valence-corrected chi connectivity index (χ3v) is 6.13. The fourth-order valence-corrected chi connectivity index (χ4v) is 4.00. The molecule has 0 bridgehead atoms. The van der Waals surface area contributed by atoms with E-state index in [0.29, 0.717) is 0 Å². The Balaban J connectivity index is 2.04. The first-order valence-corrected chi connectivity index (χ1v) is 10.2. The molecule has 4 nitrogen and oxygen atoms in total. The molecule has 2 rings (SSSR count). The average Bonchev–Trinajstić information content (AvgIpc) is 2.54. The van der Waals surface area contributed by atoms with E-state index in [1.165, 1.54) is 30.6 Å². The summed E-state index contributed by atoms with van der Waals surface area (Å²) in [6.07, 6.45) is 1.47. The van der Waals surface area contributed by atoms with Crippen molar-refractivity contribution in [2.75, 3.05) is 8.61 Å². The Morgan fingerprint density at radius 3 is 1.27 bits per heavy atom. The number of hydrogen-bond acceptors (Lipinski definition) is 4. The second kappa shape index (κ2) is 8.99. The van der Waals surface area contributed by atoms with E-state index in [0.717, 1.165) is 31.3 Å². The van der Waals surface area contributed by atoms with Crippen molar-refractivity contribution in [3.63, 3.8) is 0 Å². The molecule has 0 atom stereocenters. The Hall–Kier alpha value is -0.460. The van der Waals surface area contributed by atoms with Gasteiger partial charge in [0, 0.05) is 7.14 Å². The van der Waals surface area contributed by atoms with Crippen LogP contribution >= 0.6 is 67.1 Å². The van der Waals surface area contributed by atoms with Crippen molar-refractivity contribution in [2.45, 2.75) is 0 Å². The van der Waals surface area contributed by atoms with Crippen LogP contribution in [0.1, 0.15) is 0 Å². The zero-order valence-corrected chi connectivity index (χ0v) is 17.0. The molecular weight excluding hydrogens is 546 g/mol. The van der Waals surface area contributed by atoms with Gasteiger partial charge in [0.1, 0.15) is 0 Å². The number of carbonyl (C=O) groups is 2. The molecule has 114 valence electrons. The van der Waals surface area contributed by atoms with E-state index in [4.69, 9.17) is 0 Å². The van der Waals surface area contributed by atoms with Gasteiger partial charge in [-0.2, -0.15) is 0 Å². The molecule has 0 aromatic heterocycles. The summed E-state index contributed by atoms with van der Waals surface area (Å²) in [7, 11) is 2.37. The van der Waals surface area contributed by atoms with E-state index in [-0.39, 0.29) is 0 Å². The summed E-state index contributed by atoms with van der Waals surface area (Å²) in [6.45, 7) is 0. The van der Waals surface area contributed by atoms with Gasteiger partial charge in [0.2, 0.25) is 12.8 Å². The van der Waals surface area contributed by atoms with Crippen LogP contribution in [0.15, 0.2) is 48.5 Å². The van der Waals surface area contributed by atoms with Crippen molar-refractivity contribution >= 4 is 91.3 Å². The number of hydrogen-bond donors (Lipinski definition) is 0. The highest BCUT2D eigenvalue weighted by Crippen LogP contribution is 2.35. The van der Waals surface area contributed by atoms with Crippen LogP contribution < -0.4 is 8.61 Å². The number of halogens is 2. The third-order valence-electron chi connectivity index (χ3n) is 2.55. The van der Waals surface area contributed by atoms with Gasteiger partial charge < -0.3 is 0 Å². The molecule has 0 aliphatic rings. The molecule has 0 aliphatic carbocycles. The van der Waals surface area contributed by atoms with Crippen molar-refractivity contribution in [3.05, 3.63) is 55.7 Å². The van der Waals surface area contributed by atoms with Crippen molar-refractivity contribution in [2.24, 2.45) is 0 Å². The molecule has 0 saturated carbocycles. The standard InChI is InChI=1S/C14H10I2N2O2S2/c15-11-1-5-13(6-2-11)17(9-19)21-22-18(10-20)14-7-3-12(16)4-8-14/h1-10H. The Morgan fingerprint density at radius 1 is 0.682 bits per heavy atom. The highest BCUT2D eigenvalue weighted by atomic mass is 127. The Morgan fingerprint density at radius 2 is 1.00 bits per heavy atom. The summed E-state index contributed by atoms with van der Waals surface area (Å²) >= 11 is 4.41. The van der Waals surface area contributed by atoms with Crippen LogP contribution in [0.3, 0.4) is 0 Å². The molecule has 0 unspecified atom stereocenters. The first-order valence-electron chi connectivity index (χ1n) is 5.99. The Kier molecular flexibility index (Phi) is 7.31. The van der Waals surface area contributed by atoms with Gasteiger partial charge >= 0.3 is 0 Å². The topological polar surface area (TPSA) is 40.6 Å². The van der Waals surface area contributed by atoms with Gasteiger partial charge in [0.15, 0.2) is 0 Å². The van der Waals surface area contributed by atoms with Gasteiger partial charge in [-0.05, 0) is 93.7 Å². The fraction of sp³-hybridized carbons (Fsp3) is 0. The van der Waals surface area contributed by atoms with Gasteiger partial charge in [-0.15, -0.1) is 0 Å². The van der Waals surface area contributed by atoms with E-state index in [1.54, 1.807) is 0 Å². The molecule has 0 fully saturated rings. The molecule has 0 heterocycles. The predicted molar refractivity (Wildman–Crippen MR) is 111 cm³/mol. The van der Waals surface area contributed by atoms with Gasteiger partial charge in [-0.1, -0.05) is 0 Å². The highest BCUT2D eigenvalue weighted by molar-refractivity contribution is 14.1. The molecule has 2 aromatic carbocycles. The normalized spacial score (nSPS) is 10.1. The largest absolute Gasteiger partial charge is 0.277 e. The number of amides is 2. The highest BCUT2D eigenvalue weighted by Gasteiger charge is 2.12. The minimum Gasteiger partial charge on any atom is -0.277 e. The molecule has 0 saturated heterocycles. The Bertz CT molecular complexity index is 581. The third kappa shape index (κ3) is 5.03. The van der Waals surface area contributed by atoms with Gasteiger partial charge in [0.25, 0.3) is 0 Å². The maximum atomic E-state index is 11.3. The van der Waals surface area contributed by atoms with Gasteiger partial charge in [-0.25, -0.2) is 8.61 Å². The molecule has 8 heteroatoms. The molecular formula is C14H10I2N2O2S2. The maximum Gasteiger partial charge on any atom is 0.224 e. The van der Waals surface area contributed by atoms with E-state index in [1.807, 2.05) is 48.5 Å². The van der Waals surface area contributed by atoms with Gasteiger partial charge in [0.05, 0.1) is 33.3 Å². The first-order chi connectivity index (χ1) is 10.6. The predicted octanol–water partition coefficient (Wildman–Crippen LogP) is 4.73. The van der Waals surface area contributed by atoms with Crippen LogP contribution in [0, 0.1) is 7.14 Å². The monoisotopic (exact) mass is 556 g/mol. The summed E-state index contributed by atoms with van der Waals surface area (Å²) in [6, 6.07) is 15.1. The van der Waals surface area contributed by atoms with Crippen molar-refractivity contribution in [1.82, 2.24) is 0 Å². The van der Waals surface area contributed by atoms with E-state index in [9.17, 15) is 9.59 Å². The van der Waals surface area contributed by atoms with Crippen molar-refractivity contribution in [1.29, 1.82) is 0 Å². The molecule has 22 heavy (non-hydrogen) atoms. The molecule has 0 N–H and O–H groups in total. The van der Waals surface area contributed by atoms with E-state index in [2.05, 4.69) is 45.2 Å². The van der Waals surface area contributed by atoms with Crippen LogP contribution in [-0.4, -0.2) is 12.8 Å². The average molecular weight is 556 g/mol. The molecule has 0 radical (unpaired) electrons.